The molecule has 0 atom stereocenters. The largest absolute Gasteiger partial charge is 0.304 e. The molecule has 2 aliphatic rings. The molecule has 0 aromatic carbocycles. The maximum Gasteiger partial charge on any atom is 0.251 e. The number of hydrogen-bond donors (Lipinski definition) is 1. The van der Waals surface area contributed by atoms with Crippen molar-refractivity contribution in [1.29, 1.82) is 0 Å². The molecule has 1 heterocycles. The molecule has 5 heteroatoms. The molecule has 0 spiro atoms. The zero-order valence-electron chi connectivity index (χ0n) is 6.37. The van der Waals surface area contributed by atoms with Gasteiger partial charge in [0.15, 0.2) is 5.17 Å². The fourth-order valence-electron chi connectivity index (χ4n) is 0.907. The Labute approximate surface area is 73.8 Å². The summed E-state index contributed by atoms with van der Waals surface area (Å²) in [5.74, 6) is 0.370. The van der Waals surface area contributed by atoms with Gasteiger partial charge in [-0.3, -0.25) is 9.59 Å². The normalized spacial score (nSPS) is 26.0. The van der Waals surface area contributed by atoms with E-state index in [0.717, 1.165) is 12.8 Å². The first kappa shape index (κ1) is 7.79. The van der Waals surface area contributed by atoms with Crippen molar-refractivity contribution >= 4 is 28.7 Å². The number of nitrogens with zero attached hydrogens (tertiary/aromatic N) is 1. The smallest absolute Gasteiger partial charge is 0.251 e. The summed E-state index contributed by atoms with van der Waals surface area (Å²) in [7, 11) is 0. The van der Waals surface area contributed by atoms with E-state index < -0.39 is 0 Å². The zero-order chi connectivity index (χ0) is 8.55. The molecule has 1 saturated heterocycles. The number of aliphatic imine (C=N–C) groups is 1. The SMILES string of the molecule is O=C1CSC(=NC(=O)C2CC2)N1. The molecule has 1 saturated carbocycles. The standard InChI is InChI=1S/C7H8N2O2S/c10-5-3-12-7(8-5)9-6(11)4-1-2-4/h4H,1-3H2,(H,8,9,10,11). The van der Waals surface area contributed by atoms with Crippen molar-refractivity contribution in [3.8, 4) is 0 Å². The van der Waals surface area contributed by atoms with Crippen LogP contribution in [0.3, 0.4) is 0 Å². The number of rotatable bonds is 1. The Balaban J connectivity index is 1.98. The van der Waals surface area contributed by atoms with E-state index in [9.17, 15) is 9.59 Å². The summed E-state index contributed by atoms with van der Waals surface area (Å²) in [6, 6.07) is 0. The Morgan fingerprint density at radius 2 is 2.33 bits per heavy atom. The van der Waals surface area contributed by atoms with Gasteiger partial charge in [-0.2, -0.15) is 4.99 Å². The second kappa shape index (κ2) is 2.90. The first-order valence-corrected chi connectivity index (χ1v) is 4.79. The predicted octanol–water partition coefficient (Wildman–Crippen LogP) is 0.142. The van der Waals surface area contributed by atoms with Crippen LogP contribution in [0.2, 0.25) is 0 Å². The van der Waals surface area contributed by atoms with Crippen LogP contribution in [0.5, 0.6) is 0 Å². The van der Waals surface area contributed by atoms with Crippen LogP contribution >= 0.6 is 11.8 Å². The Morgan fingerprint density at radius 3 is 2.83 bits per heavy atom. The second-order valence-electron chi connectivity index (χ2n) is 2.87. The lowest BCUT2D eigenvalue weighted by Crippen LogP contribution is -2.21. The van der Waals surface area contributed by atoms with Crippen molar-refractivity contribution in [1.82, 2.24) is 5.32 Å². The van der Waals surface area contributed by atoms with Crippen LogP contribution in [0, 0.1) is 5.92 Å². The number of thioether (sulfide) groups is 1. The van der Waals surface area contributed by atoms with E-state index in [-0.39, 0.29) is 17.7 Å². The Kier molecular flexibility index (Phi) is 1.88. The highest BCUT2D eigenvalue weighted by molar-refractivity contribution is 8.15. The quantitative estimate of drug-likeness (QED) is 0.630. The second-order valence-corrected chi connectivity index (χ2v) is 3.83. The Hall–Kier alpha value is -0.840. The summed E-state index contributed by atoms with van der Waals surface area (Å²) in [6.07, 6.45) is 1.91. The summed E-state index contributed by atoms with van der Waals surface area (Å²) in [5, 5.41) is 2.99. The third-order valence-corrected chi connectivity index (χ3v) is 2.60. The van der Waals surface area contributed by atoms with Gasteiger partial charge >= 0.3 is 0 Å². The number of carbonyl (C=O) groups is 2. The highest BCUT2D eigenvalue weighted by atomic mass is 32.2. The lowest BCUT2D eigenvalue weighted by Gasteiger charge is -1.92. The van der Waals surface area contributed by atoms with Crippen LogP contribution < -0.4 is 5.32 Å². The first-order valence-electron chi connectivity index (χ1n) is 3.81. The molecule has 1 aliphatic heterocycles. The van der Waals surface area contributed by atoms with Gasteiger partial charge in [0.2, 0.25) is 5.91 Å². The van der Waals surface area contributed by atoms with E-state index in [4.69, 9.17) is 0 Å². The number of amides is 2. The van der Waals surface area contributed by atoms with Gasteiger partial charge in [0.05, 0.1) is 5.75 Å². The van der Waals surface area contributed by atoms with Crippen LogP contribution in [-0.2, 0) is 9.59 Å². The summed E-state index contributed by atoms with van der Waals surface area (Å²) >= 11 is 1.29. The highest BCUT2D eigenvalue weighted by Gasteiger charge is 2.30. The van der Waals surface area contributed by atoms with Gasteiger partial charge in [0.25, 0.3) is 5.91 Å². The van der Waals surface area contributed by atoms with Crippen LogP contribution in [-0.4, -0.2) is 22.7 Å². The zero-order valence-corrected chi connectivity index (χ0v) is 7.19. The van der Waals surface area contributed by atoms with Gasteiger partial charge in [-0.05, 0) is 12.8 Å². The maximum absolute atomic E-state index is 11.1. The molecular formula is C7H8N2O2S. The number of carbonyl (C=O) groups excluding carboxylic acids is 2. The lowest BCUT2D eigenvalue weighted by atomic mass is 10.4. The molecule has 12 heavy (non-hydrogen) atoms. The predicted molar refractivity (Wildman–Crippen MR) is 45.8 cm³/mol. The molecule has 0 radical (unpaired) electrons. The number of amidine groups is 1. The topological polar surface area (TPSA) is 58.5 Å². The summed E-state index contributed by atoms with van der Waals surface area (Å²) in [4.78, 5) is 25.6. The molecule has 4 nitrogen and oxygen atoms in total. The molecule has 2 rings (SSSR count). The van der Waals surface area contributed by atoms with Crippen molar-refractivity contribution < 1.29 is 9.59 Å². The Morgan fingerprint density at radius 1 is 1.58 bits per heavy atom. The first-order chi connectivity index (χ1) is 5.75. The Bertz CT molecular complexity index is 271. The molecule has 64 valence electrons. The third kappa shape index (κ3) is 1.66. The monoisotopic (exact) mass is 184 g/mol. The molecule has 0 aromatic heterocycles. The van der Waals surface area contributed by atoms with Crippen LogP contribution in [0.4, 0.5) is 0 Å². The fourth-order valence-corrected chi connectivity index (χ4v) is 1.59. The van der Waals surface area contributed by atoms with Crippen LogP contribution in [0.15, 0.2) is 4.99 Å². The molecule has 0 aromatic rings. The lowest BCUT2D eigenvalue weighted by molar-refractivity contribution is -0.118. The summed E-state index contributed by atoms with van der Waals surface area (Å²) in [5.41, 5.74) is 0. The van der Waals surface area contributed by atoms with E-state index in [1.54, 1.807) is 0 Å². The van der Waals surface area contributed by atoms with Crippen LogP contribution in [0.25, 0.3) is 0 Å². The molecule has 1 aliphatic carbocycles. The highest BCUT2D eigenvalue weighted by Crippen LogP contribution is 2.30. The van der Waals surface area contributed by atoms with Crippen molar-refractivity contribution in [2.75, 3.05) is 5.75 Å². The molecule has 2 fully saturated rings. The minimum atomic E-state index is -0.0836. The van der Waals surface area contributed by atoms with Crippen LogP contribution in [0.1, 0.15) is 12.8 Å². The van der Waals surface area contributed by atoms with Crippen molar-refractivity contribution in [2.24, 2.45) is 10.9 Å². The summed E-state index contributed by atoms with van der Waals surface area (Å²) in [6.45, 7) is 0. The molecule has 0 unspecified atom stereocenters. The van der Waals surface area contributed by atoms with Gasteiger partial charge in [-0.25, -0.2) is 0 Å². The van der Waals surface area contributed by atoms with Gasteiger partial charge in [0, 0.05) is 5.92 Å². The summed E-state index contributed by atoms with van der Waals surface area (Å²) < 4.78 is 0. The van der Waals surface area contributed by atoms with E-state index in [2.05, 4.69) is 10.3 Å². The average molecular weight is 184 g/mol. The third-order valence-electron chi connectivity index (χ3n) is 1.72. The van der Waals surface area contributed by atoms with E-state index in [0.29, 0.717) is 10.9 Å². The number of hydrogen-bond acceptors (Lipinski definition) is 3. The van der Waals surface area contributed by atoms with Gasteiger partial charge < -0.3 is 5.32 Å². The minimum Gasteiger partial charge on any atom is -0.304 e. The molecular weight excluding hydrogens is 176 g/mol. The van der Waals surface area contributed by atoms with Gasteiger partial charge in [-0.1, -0.05) is 11.8 Å². The van der Waals surface area contributed by atoms with E-state index in [1.165, 1.54) is 11.8 Å². The maximum atomic E-state index is 11.1. The fraction of sp³-hybridized carbons (Fsp3) is 0.571. The molecule has 2 amide bonds. The van der Waals surface area contributed by atoms with Crippen molar-refractivity contribution in [3.05, 3.63) is 0 Å². The van der Waals surface area contributed by atoms with E-state index in [1.807, 2.05) is 0 Å². The van der Waals surface area contributed by atoms with Gasteiger partial charge in [0.1, 0.15) is 0 Å². The minimum absolute atomic E-state index is 0.0673. The van der Waals surface area contributed by atoms with Crippen molar-refractivity contribution in [2.45, 2.75) is 12.8 Å². The molecule has 0 bridgehead atoms. The molecule has 1 N–H and O–H groups in total. The number of nitrogens with one attached hydrogen (secondary N) is 1. The van der Waals surface area contributed by atoms with Crippen molar-refractivity contribution in [3.63, 3.8) is 0 Å². The van der Waals surface area contributed by atoms with E-state index >= 15 is 0 Å². The van der Waals surface area contributed by atoms with Gasteiger partial charge in [-0.15, -0.1) is 0 Å². The average Bonchev–Trinajstić information content (AvgIpc) is 2.78.